The second-order valence-electron chi connectivity index (χ2n) is 6.75. The van der Waals surface area contributed by atoms with Gasteiger partial charge in [-0.3, -0.25) is 14.9 Å². The summed E-state index contributed by atoms with van der Waals surface area (Å²) in [6.45, 7) is 5.78. The lowest BCUT2D eigenvalue weighted by molar-refractivity contribution is -0.122. The number of ether oxygens (including phenoxy) is 2. The van der Waals surface area contributed by atoms with Gasteiger partial charge in [-0.1, -0.05) is 0 Å². The molecule has 1 aliphatic heterocycles. The molecule has 1 fully saturated rings. The van der Waals surface area contributed by atoms with Gasteiger partial charge in [-0.2, -0.15) is 0 Å². The number of barbiturate groups is 1. The number of methoxy groups -OCH3 is 2. The Hall–Kier alpha value is -3.81. The van der Waals surface area contributed by atoms with Crippen LogP contribution in [0.5, 0.6) is 11.5 Å². The van der Waals surface area contributed by atoms with Crippen molar-refractivity contribution in [3.63, 3.8) is 0 Å². The van der Waals surface area contributed by atoms with Crippen LogP contribution in [0.2, 0.25) is 0 Å². The van der Waals surface area contributed by atoms with E-state index in [1.807, 2.05) is 12.1 Å². The van der Waals surface area contributed by atoms with Crippen molar-refractivity contribution in [2.75, 3.05) is 37.1 Å². The minimum Gasteiger partial charge on any atom is -0.497 e. The summed E-state index contributed by atoms with van der Waals surface area (Å²) in [4.78, 5) is 41.1. The number of urea groups is 1. The van der Waals surface area contributed by atoms with Crippen molar-refractivity contribution in [2.24, 2.45) is 0 Å². The van der Waals surface area contributed by atoms with Gasteiger partial charge in [0.25, 0.3) is 11.8 Å². The Morgan fingerprint density at radius 3 is 2.23 bits per heavy atom. The number of nitrogens with zero attached hydrogens (tertiary/aromatic N) is 2. The lowest BCUT2D eigenvalue weighted by Gasteiger charge is -2.27. The molecule has 1 N–H and O–H groups in total. The smallest absolute Gasteiger partial charge is 0.335 e. The number of rotatable bonds is 7. The van der Waals surface area contributed by atoms with Crippen LogP contribution in [-0.4, -0.2) is 45.2 Å². The fraction of sp³-hybridized carbons (Fsp3) is 0.261. The molecule has 0 bridgehead atoms. The molecule has 0 spiro atoms. The van der Waals surface area contributed by atoms with Crippen molar-refractivity contribution in [3.8, 4) is 11.5 Å². The van der Waals surface area contributed by atoms with Crippen LogP contribution >= 0.6 is 0 Å². The average molecular weight is 423 g/mol. The van der Waals surface area contributed by atoms with Crippen molar-refractivity contribution >= 4 is 35.3 Å². The van der Waals surface area contributed by atoms with E-state index in [4.69, 9.17) is 9.47 Å². The molecule has 0 unspecified atom stereocenters. The minimum atomic E-state index is -0.788. The van der Waals surface area contributed by atoms with E-state index in [1.165, 1.54) is 20.3 Å². The van der Waals surface area contributed by atoms with Crippen LogP contribution in [0, 0.1) is 0 Å². The quantitative estimate of drug-likeness (QED) is 0.544. The first-order chi connectivity index (χ1) is 14.9. The highest BCUT2D eigenvalue weighted by molar-refractivity contribution is 6.39. The zero-order chi connectivity index (χ0) is 22.5. The summed E-state index contributed by atoms with van der Waals surface area (Å²) in [5.41, 5.74) is 1.69. The van der Waals surface area contributed by atoms with Gasteiger partial charge in [-0.25, -0.2) is 9.69 Å². The second kappa shape index (κ2) is 9.34. The van der Waals surface area contributed by atoms with Gasteiger partial charge in [-0.15, -0.1) is 0 Å². The Kier molecular flexibility index (Phi) is 6.59. The predicted molar refractivity (Wildman–Crippen MR) is 119 cm³/mol. The molecule has 8 nitrogen and oxygen atoms in total. The zero-order valence-electron chi connectivity index (χ0n) is 18.0. The molecule has 0 aliphatic carbocycles. The van der Waals surface area contributed by atoms with Crippen LogP contribution in [0.1, 0.15) is 19.4 Å². The van der Waals surface area contributed by atoms with E-state index in [9.17, 15) is 14.4 Å². The number of amides is 4. The third-order valence-corrected chi connectivity index (χ3v) is 5.08. The summed E-state index contributed by atoms with van der Waals surface area (Å²) in [5.74, 6) is -0.464. The summed E-state index contributed by atoms with van der Waals surface area (Å²) in [6.07, 6.45) is 1.40. The largest absolute Gasteiger partial charge is 0.497 e. The predicted octanol–water partition coefficient (Wildman–Crippen LogP) is 3.22. The van der Waals surface area contributed by atoms with E-state index < -0.39 is 17.8 Å². The molecular weight excluding hydrogens is 398 g/mol. The number of nitrogens with one attached hydrogen (secondary N) is 1. The monoisotopic (exact) mass is 423 g/mol. The van der Waals surface area contributed by atoms with Gasteiger partial charge in [0.15, 0.2) is 0 Å². The second-order valence-corrected chi connectivity index (χ2v) is 6.75. The first-order valence-electron chi connectivity index (χ1n) is 9.91. The maximum absolute atomic E-state index is 13.1. The topological polar surface area (TPSA) is 88.2 Å². The lowest BCUT2D eigenvalue weighted by atomic mass is 10.1. The highest BCUT2D eigenvalue weighted by atomic mass is 16.5. The molecule has 1 heterocycles. The number of anilines is 2. The van der Waals surface area contributed by atoms with Crippen molar-refractivity contribution in [1.29, 1.82) is 0 Å². The maximum atomic E-state index is 13.1. The molecule has 1 aliphatic rings. The number of hydrogen-bond donors (Lipinski definition) is 1. The number of imide groups is 2. The molecule has 31 heavy (non-hydrogen) atoms. The summed E-state index contributed by atoms with van der Waals surface area (Å²) in [6, 6.07) is 11.3. The van der Waals surface area contributed by atoms with Crippen molar-refractivity contribution in [3.05, 3.63) is 53.6 Å². The van der Waals surface area contributed by atoms with E-state index in [1.54, 1.807) is 30.3 Å². The van der Waals surface area contributed by atoms with E-state index in [2.05, 4.69) is 24.1 Å². The van der Waals surface area contributed by atoms with Crippen molar-refractivity contribution < 1.29 is 23.9 Å². The van der Waals surface area contributed by atoms with Crippen LogP contribution in [-0.2, 0) is 9.59 Å². The van der Waals surface area contributed by atoms with Crippen LogP contribution in [0.25, 0.3) is 6.08 Å². The average Bonchev–Trinajstić information content (AvgIpc) is 2.78. The highest BCUT2D eigenvalue weighted by Gasteiger charge is 2.37. The molecule has 0 saturated carbocycles. The van der Waals surface area contributed by atoms with Crippen molar-refractivity contribution in [2.45, 2.75) is 13.8 Å². The van der Waals surface area contributed by atoms with Crippen LogP contribution in [0.3, 0.4) is 0 Å². The summed E-state index contributed by atoms with van der Waals surface area (Å²) in [7, 11) is 3.01. The third-order valence-electron chi connectivity index (χ3n) is 5.08. The maximum Gasteiger partial charge on any atom is 0.335 e. The molecule has 0 aromatic heterocycles. The van der Waals surface area contributed by atoms with Gasteiger partial charge in [0.05, 0.1) is 19.9 Å². The fourth-order valence-corrected chi connectivity index (χ4v) is 3.39. The summed E-state index contributed by atoms with van der Waals surface area (Å²) in [5, 5.41) is 2.23. The third kappa shape index (κ3) is 4.37. The number of carbonyl (C=O) groups is 3. The van der Waals surface area contributed by atoms with Gasteiger partial charge in [0.2, 0.25) is 0 Å². The molecule has 1 saturated heterocycles. The summed E-state index contributed by atoms with van der Waals surface area (Å²) < 4.78 is 10.5. The lowest BCUT2D eigenvalue weighted by Crippen LogP contribution is -2.54. The Morgan fingerprint density at radius 2 is 1.65 bits per heavy atom. The molecule has 2 aromatic rings. The standard InChI is InChI=1S/C23H25N3O5/c1-5-25(6-2)16-8-10-17(11-9-16)26-22(28)19(21(27)24-23(26)29)13-15-7-12-18(30-3)14-20(15)31-4/h7-14H,5-6H2,1-4H3,(H,24,27,29)/b19-13-. The Bertz CT molecular complexity index is 1030. The van der Waals surface area contributed by atoms with E-state index in [-0.39, 0.29) is 5.57 Å². The molecule has 4 amide bonds. The Balaban J connectivity index is 1.97. The molecular formula is C23H25N3O5. The first kappa shape index (κ1) is 21.9. The zero-order valence-corrected chi connectivity index (χ0v) is 18.0. The van der Waals surface area contributed by atoms with E-state index in [0.29, 0.717) is 22.7 Å². The molecule has 0 atom stereocenters. The summed E-state index contributed by atoms with van der Waals surface area (Å²) >= 11 is 0. The highest BCUT2D eigenvalue weighted by Crippen LogP contribution is 2.29. The van der Waals surface area contributed by atoms with Gasteiger partial charge in [0, 0.05) is 30.4 Å². The number of hydrogen-bond acceptors (Lipinski definition) is 6. The Labute approximate surface area is 181 Å². The molecule has 2 aromatic carbocycles. The van der Waals surface area contributed by atoms with Crippen LogP contribution < -0.4 is 24.6 Å². The van der Waals surface area contributed by atoms with Crippen LogP contribution in [0.4, 0.5) is 16.2 Å². The SMILES string of the molecule is CCN(CC)c1ccc(N2C(=O)NC(=O)/C(=C/c3ccc(OC)cc3OC)C2=O)cc1. The fourth-order valence-electron chi connectivity index (χ4n) is 3.39. The van der Waals surface area contributed by atoms with Gasteiger partial charge in [-0.05, 0) is 56.3 Å². The molecule has 0 radical (unpaired) electrons. The number of carbonyl (C=O) groups excluding carboxylic acids is 3. The van der Waals surface area contributed by atoms with Gasteiger partial charge in [0.1, 0.15) is 17.1 Å². The Morgan fingerprint density at radius 1 is 0.968 bits per heavy atom. The van der Waals surface area contributed by atoms with Gasteiger partial charge < -0.3 is 14.4 Å². The van der Waals surface area contributed by atoms with Crippen molar-refractivity contribution in [1.82, 2.24) is 5.32 Å². The molecule has 8 heteroatoms. The van der Waals surface area contributed by atoms with Gasteiger partial charge >= 0.3 is 6.03 Å². The van der Waals surface area contributed by atoms with E-state index in [0.717, 1.165) is 23.7 Å². The minimum absolute atomic E-state index is 0.170. The van der Waals surface area contributed by atoms with Crippen LogP contribution in [0.15, 0.2) is 48.0 Å². The normalized spacial score (nSPS) is 15.2. The first-order valence-corrected chi connectivity index (χ1v) is 9.91. The molecule has 162 valence electrons. The van der Waals surface area contributed by atoms with E-state index >= 15 is 0 Å². The number of benzene rings is 2. The molecule has 3 rings (SSSR count).